The van der Waals surface area contributed by atoms with Gasteiger partial charge in [-0.15, -0.1) is 0 Å². The summed E-state index contributed by atoms with van der Waals surface area (Å²) in [5, 5.41) is 2.62. The predicted molar refractivity (Wildman–Crippen MR) is 65.9 cm³/mol. The number of sulfonamides is 1. The van der Waals surface area contributed by atoms with E-state index >= 15 is 0 Å². The van der Waals surface area contributed by atoms with Crippen LogP contribution in [0.2, 0.25) is 0 Å². The summed E-state index contributed by atoms with van der Waals surface area (Å²) in [6.45, 7) is 2.10. The van der Waals surface area contributed by atoms with Gasteiger partial charge < -0.3 is 11.1 Å². The van der Waals surface area contributed by atoms with E-state index in [0.29, 0.717) is 32.6 Å². The van der Waals surface area contributed by atoms with Crippen LogP contribution in [0.4, 0.5) is 0 Å². The van der Waals surface area contributed by atoms with Gasteiger partial charge in [0.2, 0.25) is 15.9 Å². The first-order valence-electron chi connectivity index (χ1n) is 6.01. The number of carbonyl (C=O) groups excluding carboxylic acids is 1. The highest BCUT2D eigenvalue weighted by Crippen LogP contribution is 2.14. The lowest BCUT2D eigenvalue weighted by molar-refractivity contribution is -0.121. The van der Waals surface area contributed by atoms with E-state index in [-0.39, 0.29) is 18.1 Å². The lowest BCUT2D eigenvalue weighted by Crippen LogP contribution is -2.32. The summed E-state index contributed by atoms with van der Waals surface area (Å²) < 4.78 is 25.1. The summed E-state index contributed by atoms with van der Waals surface area (Å²) in [4.78, 5) is 11.2. The zero-order valence-electron chi connectivity index (χ0n) is 10.0. The molecule has 3 N–H and O–H groups in total. The normalized spacial score (nSPS) is 17.2. The Morgan fingerprint density at radius 2 is 1.94 bits per heavy atom. The van der Waals surface area contributed by atoms with Gasteiger partial charge in [-0.1, -0.05) is 0 Å². The van der Waals surface area contributed by atoms with E-state index in [9.17, 15) is 13.2 Å². The minimum atomic E-state index is -3.15. The molecular formula is C10H21N3O3S. The topological polar surface area (TPSA) is 92.5 Å². The number of nitrogens with two attached hydrogens (primary N) is 1. The summed E-state index contributed by atoms with van der Waals surface area (Å²) >= 11 is 0. The summed E-state index contributed by atoms with van der Waals surface area (Å²) in [5.41, 5.74) is 5.24. The van der Waals surface area contributed by atoms with Crippen LogP contribution in [0.25, 0.3) is 0 Å². The van der Waals surface area contributed by atoms with Crippen molar-refractivity contribution in [1.29, 1.82) is 0 Å². The Bertz CT molecular complexity index is 337. The van der Waals surface area contributed by atoms with E-state index in [1.165, 1.54) is 4.31 Å². The Labute approximate surface area is 103 Å². The lowest BCUT2D eigenvalue weighted by Gasteiger charge is -2.14. The van der Waals surface area contributed by atoms with Gasteiger partial charge in [-0.05, 0) is 19.3 Å². The van der Waals surface area contributed by atoms with Gasteiger partial charge in [0.1, 0.15) is 0 Å². The van der Waals surface area contributed by atoms with Gasteiger partial charge >= 0.3 is 0 Å². The van der Waals surface area contributed by atoms with Gasteiger partial charge in [0.25, 0.3) is 0 Å². The SMILES string of the molecule is NCCNC(=O)CCCS(=O)(=O)N1CCCC1. The first-order chi connectivity index (χ1) is 8.06. The molecule has 100 valence electrons. The highest BCUT2D eigenvalue weighted by Gasteiger charge is 2.24. The smallest absolute Gasteiger partial charge is 0.220 e. The molecular weight excluding hydrogens is 242 g/mol. The number of amides is 1. The van der Waals surface area contributed by atoms with Gasteiger partial charge in [-0.3, -0.25) is 4.79 Å². The van der Waals surface area contributed by atoms with Crippen molar-refractivity contribution in [2.24, 2.45) is 5.73 Å². The van der Waals surface area contributed by atoms with E-state index in [1.807, 2.05) is 0 Å². The Hall–Kier alpha value is -0.660. The molecule has 0 aromatic rings. The van der Waals surface area contributed by atoms with Gasteiger partial charge in [0.05, 0.1) is 5.75 Å². The monoisotopic (exact) mass is 263 g/mol. The van der Waals surface area contributed by atoms with Crippen molar-refractivity contribution in [2.75, 3.05) is 31.9 Å². The molecule has 1 heterocycles. The molecule has 1 aliphatic rings. The van der Waals surface area contributed by atoms with Crippen molar-refractivity contribution < 1.29 is 13.2 Å². The molecule has 1 saturated heterocycles. The summed E-state index contributed by atoms with van der Waals surface area (Å²) in [7, 11) is -3.15. The Morgan fingerprint density at radius 1 is 1.29 bits per heavy atom. The summed E-state index contributed by atoms with van der Waals surface area (Å²) in [6.07, 6.45) is 2.49. The van der Waals surface area contributed by atoms with Crippen LogP contribution >= 0.6 is 0 Å². The Balaban J connectivity index is 2.23. The molecule has 0 saturated carbocycles. The summed E-state index contributed by atoms with van der Waals surface area (Å²) in [6, 6.07) is 0. The fourth-order valence-corrected chi connectivity index (χ4v) is 3.39. The molecule has 0 aromatic carbocycles. The predicted octanol–water partition coefficient (Wildman–Crippen LogP) is -0.733. The van der Waals surface area contributed by atoms with Crippen LogP contribution in [0.3, 0.4) is 0 Å². The fraction of sp³-hybridized carbons (Fsp3) is 0.900. The van der Waals surface area contributed by atoms with E-state index in [1.54, 1.807) is 0 Å². The van der Waals surface area contributed by atoms with Crippen molar-refractivity contribution in [1.82, 2.24) is 9.62 Å². The molecule has 7 heteroatoms. The largest absolute Gasteiger partial charge is 0.355 e. The van der Waals surface area contributed by atoms with Crippen molar-refractivity contribution in [3.05, 3.63) is 0 Å². The van der Waals surface area contributed by atoms with Gasteiger partial charge in [-0.2, -0.15) is 0 Å². The Morgan fingerprint density at radius 3 is 2.53 bits per heavy atom. The molecule has 0 atom stereocenters. The molecule has 1 amide bonds. The van der Waals surface area contributed by atoms with E-state index in [0.717, 1.165) is 12.8 Å². The van der Waals surface area contributed by atoms with E-state index < -0.39 is 10.0 Å². The van der Waals surface area contributed by atoms with Crippen LogP contribution in [0.1, 0.15) is 25.7 Å². The molecule has 6 nitrogen and oxygen atoms in total. The highest BCUT2D eigenvalue weighted by molar-refractivity contribution is 7.89. The molecule has 1 rings (SSSR count). The van der Waals surface area contributed by atoms with Gasteiger partial charge in [0, 0.05) is 32.6 Å². The second kappa shape index (κ2) is 6.93. The van der Waals surface area contributed by atoms with E-state index in [2.05, 4.69) is 5.32 Å². The maximum absolute atomic E-state index is 11.8. The standard InChI is InChI=1S/C10H21N3O3S/c11-5-6-12-10(14)4-3-9-17(15,16)13-7-1-2-8-13/h1-9,11H2,(H,12,14). The molecule has 0 radical (unpaired) electrons. The molecule has 0 aliphatic carbocycles. The molecule has 0 aromatic heterocycles. The number of nitrogens with one attached hydrogen (secondary N) is 1. The number of carbonyl (C=O) groups is 1. The molecule has 0 spiro atoms. The molecule has 17 heavy (non-hydrogen) atoms. The van der Waals surface area contributed by atoms with Gasteiger partial charge in [-0.25, -0.2) is 12.7 Å². The fourth-order valence-electron chi connectivity index (χ4n) is 1.81. The van der Waals surface area contributed by atoms with E-state index in [4.69, 9.17) is 5.73 Å². The number of rotatable bonds is 7. The minimum absolute atomic E-state index is 0.0586. The second-order valence-corrected chi connectivity index (χ2v) is 6.25. The third-order valence-electron chi connectivity index (χ3n) is 2.73. The molecule has 0 unspecified atom stereocenters. The Kier molecular flexibility index (Phi) is 5.87. The quantitative estimate of drug-likeness (QED) is 0.633. The zero-order chi connectivity index (χ0) is 12.7. The molecule has 1 aliphatic heterocycles. The second-order valence-electron chi connectivity index (χ2n) is 4.16. The number of hydrogen-bond donors (Lipinski definition) is 2. The third kappa shape index (κ3) is 5.01. The van der Waals surface area contributed by atoms with Crippen molar-refractivity contribution in [3.63, 3.8) is 0 Å². The minimum Gasteiger partial charge on any atom is -0.355 e. The molecule has 1 fully saturated rings. The maximum Gasteiger partial charge on any atom is 0.220 e. The first kappa shape index (κ1) is 14.4. The van der Waals surface area contributed by atoms with Crippen LogP contribution in [0.5, 0.6) is 0 Å². The highest BCUT2D eigenvalue weighted by atomic mass is 32.2. The van der Waals surface area contributed by atoms with Crippen LogP contribution in [0, 0.1) is 0 Å². The van der Waals surface area contributed by atoms with Crippen molar-refractivity contribution >= 4 is 15.9 Å². The van der Waals surface area contributed by atoms with Crippen molar-refractivity contribution in [3.8, 4) is 0 Å². The van der Waals surface area contributed by atoms with Crippen LogP contribution < -0.4 is 11.1 Å². The van der Waals surface area contributed by atoms with Crippen LogP contribution in [0.15, 0.2) is 0 Å². The average molecular weight is 263 g/mol. The van der Waals surface area contributed by atoms with Crippen molar-refractivity contribution in [2.45, 2.75) is 25.7 Å². The first-order valence-corrected chi connectivity index (χ1v) is 7.62. The average Bonchev–Trinajstić information content (AvgIpc) is 2.80. The zero-order valence-corrected chi connectivity index (χ0v) is 10.8. The van der Waals surface area contributed by atoms with Crippen LogP contribution in [-0.4, -0.2) is 50.6 Å². The third-order valence-corrected chi connectivity index (χ3v) is 4.69. The number of nitrogens with zero attached hydrogens (tertiary/aromatic N) is 1. The number of hydrogen-bond acceptors (Lipinski definition) is 4. The van der Waals surface area contributed by atoms with Gasteiger partial charge in [0.15, 0.2) is 0 Å². The summed E-state index contributed by atoms with van der Waals surface area (Å²) in [5.74, 6) is -0.0738. The maximum atomic E-state index is 11.8. The van der Waals surface area contributed by atoms with Crippen LogP contribution in [-0.2, 0) is 14.8 Å². The molecule has 0 bridgehead atoms. The lowest BCUT2D eigenvalue weighted by atomic mass is 10.3.